The van der Waals surface area contributed by atoms with E-state index in [4.69, 9.17) is 5.73 Å². The van der Waals surface area contributed by atoms with Crippen molar-refractivity contribution in [2.45, 2.75) is 13.0 Å². The molecular formula is C15H16FN3O. The average Bonchev–Trinajstić information content (AvgIpc) is 2.47. The predicted molar refractivity (Wildman–Crippen MR) is 74.6 cm³/mol. The summed E-state index contributed by atoms with van der Waals surface area (Å²) in [5, 5.41) is 2.75. The van der Waals surface area contributed by atoms with Gasteiger partial charge in [-0.15, -0.1) is 0 Å². The zero-order chi connectivity index (χ0) is 14.4. The van der Waals surface area contributed by atoms with E-state index in [9.17, 15) is 9.18 Å². The Morgan fingerprint density at radius 2 is 2.10 bits per heavy atom. The van der Waals surface area contributed by atoms with Gasteiger partial charge in [0.25, 0.3) is 5.91 Å². The van der Waals surface area contributed by atoms with E-state index in [1.807, 2.05) is 6.07 Å². The maximum atomic E-state index is 13.0. The highest BCUT2D eigenvalue weighted by Crippen LogP contribution is 2.04. The Kier molecular flexibility index (Phi) is 4.79. The highest BCUT2D eigenvalue weighted by molar-refractivity contribution is 5.92. The first-order chi connectivity index (χ1) is 9.69. The van der Waals surface area contributed by atoms with Crippen LogP contribution in [0.4, 0.5) is 4.39 Å². The molecule has 0 unspecified atom stereocenters. The zero-order valence-corrected chi connectivity index (χ0v) is 11.0. The van der Waals surface area contributed by atoms with Crippen LogP contribution in [0.15, 0.2) is 42.6 Å². The lowest BCUT2D eigenvalue weighted by atomic mass is 10.1. The third-order valence-electron chi connectivity index (χ3n) is 2.88. The Bertz CT molecular complexity index is 584. The normalized spacial score (nSPS) is 10.3. The molecule has 1 aromatic heterocycles. The van der Waals surface area contributed by atoms with Crippen LogP contribution in [0.1, 0.15) is 21.6 Å². The Hall–Kier alpha value is -2.27. The van der Waals surface area contributed by atoms with Crippen LogP contribution in [0, 0.1) is 5.82 Å². The van der Waals surface area contributed by atoms with Crippen molar-refractivity contribution < 1.29 is 9.18 Å². The Balaban J connectivity index is 1.85. The van der Waals surface area contributed by atoms with Crippen LogP contribution in [-0.2, 0) is 13.0 Å². The fraction of sp³-hybridized carbons (Fsp3) is 0.200. The summed E-state index contributed by atoms with van der Waals surface area (Å²) in [5.41, 5.74) is 7.53. The molecule has 20 heavy (non-hydrogen) atoms. The molecule has 104 valence electrons. The Labute approximate surface area is 116 Å². The van der Waals surface area contributed by atoms with Gasteiger partial charge in [-0.3, -0.25) is 9.78 Å². The number of hydrogen-bond acceptors (Lipinski definition) is 3. The fourth-order valence-electron chi connectivity index (χ4n) is 1.78. The summed E-state index contributed by atoms with van der Waals surface area (Å²) in [5.74, 6) is -0.516. The fourth-order valence-corrected chi connectivity index (χ4v) is 1.78. The largest absolute Gasteiger partial charge is 0.350 e. The van der Waals surface area contributed by atoms with Crippen molar-refractivity contribution >= 4 is 5.91 Å². The maximum absolute atomic E-state index is 13.0. The standard InChI is InChI=1S/C15H16FN3O/c16-13-3-1-2-11(8-13)6-7-18-15(20)14-5-4-12(9-17)10-19-14/h1-5,8,10H,6-7,9,17H2,(H,18,20). The van der Waals surface area contributed by atoms with E-state index in [2.05, 4.69) is 10.3 Å². The third-order valence-corrected chi connectivity index (χ3v) is 2.88. The molecule has 0 spiro atoms. The van der Waals surface area contributed by atoms with Crippen molar-refractivity contribution in [3.8, 4) is 0 Å². The van der Waals surface area contributed by atoms with Gasteiger partial charge in [0, 0.05) is 19.3 Å². The number of rotatable bonds is 5. The monoisotopic (exact) mass is 273 g/mol. The van der Waals surface area contributed by atoms with E-state index in [0.29, 0.717) is 25.2 Å². The molecule has 0 aliphatic rings. The molecule has 0 saturated carbocycles. The summed E-state index contributed by atoms with van der Waals surface area (Å²) in [4.78, 5) is 15.9. The van der Waals surface area contributed by atoms with Crippen molar-refractivity contribution in [1.29, 1.82) is 0 Å². The van der Waals surface area contributed by atoms with Crippen molar-refractivity contribution in [1.82, 2.24) is 10.3 Å². The smallest absolute Gasteiger partial charge is 0.269 e. The van der Waals surface area contributed by atoms with Crippen molar-refractivity contribution in [3.63, 3.8) is 0 Å². The molecule has 1 aromatic carbocycles. The molecule has 5 heteroatoms. The van der Waals surface area contributed by atoms with Crippen LogP contribution >= 0.6 is 0 Å². The van der Waals surface area contributed by atoms with Gasteiger partial charge in [0.05, 0.1) is 0 Å². The molecule has 0 fully saturated rings. The lowest BCUT2D eigenvalue weighted by molar-refractivity contribution is 0.0949. The number of amides is 1. The molecule has 0 radical (unpaired) electrons. The summed E-state index contributed by atoms with van der Waals surface area (Å²) in [7, 11) is 0. The molecule has 0 bridgehead atoms. The molecule has 0 atom stereocenters. The molecule has 3 N–H and O–H groups in total. The predicted octanol–water partition coefficient (Wildman–Crippen LogP) is 1.65. The highest BCUT2D eigenvalue weighted by Gasteiger charge is 2.06. The number of carbonyl (C=O) groups is 1. The number of aromatic nitrogens is 1. The van der Waals surface area contributed by atoms with E-state index in [0.717, 1.165) is 11.1 Å². The number of nitrogens with two attached hydrogens (primary N) is 1. The number of nitrogens with zero attached hydrogens (tertiary/aromatic N) is 1. The van der Waals surface area contributed by atoms with Gasteiger partial charge >= 0.3 is 0 Å². The number of hydrogen-bond donors (Lipinski definition) is 2. The van der Waals surface area contributed by atoms with Crippen LogP contribution in [0.3, 0.4) is 0 Å². The number of pyridine rings is 1. The van der Waals surface area contributed by atoms with E-state index in [1.54, 1.807) is 24.4 Å². The highest BCUT2D eigenvalue weighted by atomic mass is 19.1. The number of benzene rings is 1. The first-order valence-electron chi connectivity index (χ1n) is 6.36. The number of nitrogens with one attached hydrogen (secondary N) is 1. The van der Waals surface area contributed by atoms with Gasteiger partial charge < -0.3 is 11.1 Å². The summed E-state index contributed by atoms with van der Waals surface area (Å²) >= 11 is 0. The summed E-state index contributed by atoms with van der Waals surface area (Å²) in [6.45, 7) is 0.830. The maximum Gasteiger partial charge on any atom is 0.269 e. The summed E-state index contributed by atoms with van der Waals surface area (Å²) < 4.78 is 13.0. The van der Waals surface area contributed by atoms with Crippen LogP contribution in [0.2, 0.25) is 0 Å². The number of halogens is 1. The quantitative estimate of drug-likeness (QED) is 0.870. The second-order valence-electron chi connectivity index (χ2n) is 4.39. The molecule has 0 saturated heterocycles. The second-order valence-corrected chi connectivity index (χ2v) is 4.39. The first kappa shape index (κ1) is 14.1. The molecule has 1 amide bonds. The minimum absolute atomic E-state index is 0.245. The Morgan fingerprint density at radius 3 is 2.75 bits per heavy atom. The summed E-state index contributed by atoms with van der Waals surface area (Å²) in [6.07, 6.45) is 2.16. The van der Waals surface area contributed by atoms with Crippen LogP contribution in [0.5, 0.6) is 0 Å². The van der Waals surface area contributed by atoms with Crippen LogP contribution in [-0.4, -0.2) is 17.4 Å². The van der Waals surface area contributed by atoms with Crippen LogP contribution < -0.4 is 11.1 Å². The minimum Gasteiger partial charge on any atom is -0.350 e. The van der Waals surface area contributed by atoms with Crippen molar-refractivity contribution in [2.24, 2.45) is 5.73 Å². The molecule has 4 nitrogen and oxygen atoms in total. The van der Waals surface area contributed by atoms with Gasteiger partial charge in [0.2, 0.25) is 0 Å². The van der Waals surface area contributed by atoms with E-state index in [-0.39, 0.29) is 11.7 Å². The summed E-state index contributed by atoms with van der Waals surface area (Å²) in [6, 6.07) is 9.74. The molecule has 0 aliphatic carbocycles. The topological polar surface area (TPSA) is 68.0 Å². The average molecular weight is 273 g/mol. The number of carbonyl (C=O) groups excluding carboxylic acids is 1. The Morgan fingerprint density at radius 1 is 1.25 bits per heavy atom. The molecule has 2 aromatic rings. The van der Waals surface area contributed by atoms with Crippen molar-refractivity contribution in [3.05, 3.63) is 65.2 Å². The lowest BCUT2D eigenvalue weighted by Gasteiger charge is -2.05. The van der Waals surface area contributed by atoms with Crippen molar-refractivity contribution in [2.75, 3.05) is 6.54 Å². The lowest BCUT2D eigenvalue weighted by Crippen LogP contribution is -2.26. The molecule has 0 aliphatic heterocycles. The van der Waals surface area contributed by atoms with Crippen LogP contribution in [0.25, 0.3) is 0 Å². The van der Waals surface area contributed by atoms with Gasteiger partial charge in [0.15, 0.2) is 0 Å². The molecular weight excluding hydrogens is 257 g/mol. The van der Waals surface area contributed by atoms with Gasteiger partial charge in [-0.05, 0) is 35.7 Å². The second kappa shape index (κ2) is 6.77. The SMILES string of the molecule is NCc1ccc(C(=O)NCCc2cccc(F)c2)nc1. The zero-order valence-electron chi connectivity index (χ0n) is 11.0. The van der Waals surface area contributed by atoms with Gasteiger partial charge in [-0.1, -0.05) is 18.2 Å². The van der Waals surface area contributed by atoms with E-state index >= 15 is 0 Å². The first-order valence-corrected chi connectivity index (χ1v) is 6.36. The molecule has 1 heterocycles. The minimum atomic E-state index is -0.270. The molecule has 2 rings (SSSR count). The third kappa shape index (κ3) is 3.86. The van der Waals surface area contributed by atoms with E-state index in [1.165, 1.54) is 12.1 Å². The van der Waals surface area contributed by atoms with Gasteiger partial charge in [-0.25, -0.2) is 4.39 Å². The van der Waals surface area contributed by atoms with Gasteiger partial charge in [0.1, 0.15) is 11.5 Å². The van der Waals surface area contributed by atoms with Gasteiger partial charge in [-0.2, -0.15) is 0 Å². The van der Waals surface area contributed by atoms with E-state index < -0.39 is 0 Å².